The molecule has 2 fully saturated rings. The number of nitrogens with zero attached hydrogens (tertiary/aromatic N) is 1. The summed E-state index contributed by atoms with van der Waals surface area (Å²) in [6.45, 7) is 0.811. The van der Waals surface area contributed by atoms with Gasteiger partial charge in [-0.05, 0) is 43.6 Å². The predicted octanol–water partition coefficient (Wildman–Crippen LogP) is 3.50. The summed E-state index contributed by atoms with van der Waals surface area (Å²) >= 11 is 1.50. The summed E-state index contributed by atoms with van der Waals surface area (Å²) in [5.74, 6) is 0.600. The molecule has 4 heteroatoms. The SMILES string of the molecule is O=C1CCCCC1C1CCCCN1C(=O)c1cccs1. The number of hydrogen-bond donors (Lipinski definition) is 0. The Kier molecular flexibility index (Phi) is 4.20. The van der Waals surface area contributed by atoms with Crippen LogP contribution in [0.4, 0.5) is 0 Å². The van der Waals surface area contributed by atoms with Crippen molar-refractivity contribution < 1.29 is 9.59 Å². The third kappa shape index (κ3) is 2.66. The Hall–Kier alpha value is -1.16. The van der Waals surface area contributed by atoms with Gasteiger partial charge >= 0.3 is 0 Å². The highest BCUT2D eigenvalue weighted by Crippen LogP contribution is 2.33. The summed E-state index contributed by atoms with van der Waals surface area (Å²) in [7, 11) is 0. The van der Waals surface area contributed by atoms with E-state index in [1.165, 1.54) is 11.3 Å². The Labute approximate surface area is 124 Å². The number of hydrogen-bond acceptors (Lipinski definition) is 3. The van der Waals surface area contributed by atoms with E-state index in [1.807, 2.05) is 22.4 Å². The summed E-state index contributed by atoms with van der Waals surface area (Å²) in [6.07, 6.45) is 7.04. The number of thiophene rings is 1. The Morgan fingerprint density at radius 3 is 2.80 bits per heavy atom. The molecular weight excluding hydrogens is 270 g/mol. The average Bonchev–Trinajstić information content (AvgIpc) is 3.01. The fourth-order valence-corrected chi connectivity index (χ4v) is 4.27. The van der Waals surface area contributed by atoms with Crippen LogP contribution in [0.25, 0.3) is 0 Å². The smallest absolute Gasteiger partial charge is 0.264 e. The lowest BCUT2D eigenvalue weighted by atomic mass is 9.79. The highest BCUT2D eigenvalue weighted by Gasteiger charge is 2.37. The van der Waals surface area contributed by atoms with Crippen LogP contribution < -0.4 is 0 Å². The van der Waals surface area contributed by atoms with Gasteiger partial charge in [0.1, 0.15) is 5.78 Å². The van der Waals surface area contributed by atoms with Gasteiger partial charge < -0.3 is 4.90 Å². The molecule has 1 aliphatic carbocycles. The van der Waals surface area contributed by atoms with Crippen LogP contribution in [0.3, 0.4) is 0 Å². The van der Waals surface area contributed by atoms with E-state index in [4.69, 9.17) is 0 Å². The molecule has 1 aromatic heterocycles. The van der Waals surface area contributed by atoms with E-state index in [-0.39, 0.29) is 17.9 Å². The molecule has 2 aliphatic rings. The number of Topliss-reactive ketones (excluding diaryl/α,β-unsaturated/α-hetero) is 1. The molecular formula is C16H21NO2S. The van der Waals surface area contributed by atoms with Crippen molar-refractivity contribution in [3.05, 3.63) is 22.4 Å². The third-order valence-electron chi connectivity index (χ3n) is 4.61. The van der Waals surface area contributed by atoms with Crippen molar-refractivity contribution in [3.63, 3.8) is 0 Å². The molecule has 0 bridgehead atoms. The summed E-state index contributed by atoms with van der Waals surface area (Å²) < 4.78 is 0. The molecule has 0 N–H and O–H groups in total. The highest BCUT2D eigenvalue weighted by atomic mass is 32.1. The zero-order valence-electron chi connectivity index (χ0n) is 11.7. The molecule has 0 spiro atoms. The predicted molar refractivity (Wildman–Crippen MR) is 80.0 cm³/mol. The second-order valence-electron chi connectivity index (χ2n) is 5.86. The summed E-state index contributed by atoms with van der Waals surface area (Å²) in [4.78, 5) is 27.7. The van der Waals surface area contributed by atoms with Gasteiger partial charge in [-0.25, -0.2) is 0 Å². The first kappa shape index (κ1) is 13.8. The monoisotopic (exact) mass is 291 g/mol. The van der Waals surface area contributed by atoms with Crippen molar-refractivity contribution in [1.29, 1.82) is 0 Å². The lowest BCUT2D eigenvalue weighted by Gasteiger charge is -2.41. The maximum absolute atomic E-state index is 12.6. The van der Waals surface area contributed by atoms with Crippen molar-refractivity contribution in [1.82, 2.24) is 4.90 Å². The number of carbonyl (C=O) groups excluding carboxylic acids is 2. The fourth-order valence-electron chi connectivity index (χ4n) is 3.59. The first-order valence-electron chi connectivity index (χ1n) is 7.64. The van der Waals surface area contributed by atoms with Gasteiger partial charge in [-0.2, -0.15) is 0 Å². The number of rotatable bonds is 2. The van der Waals surface area contributed by atoms with Gasteiger partial charge in [0.05, 0.1) is 4.88 Å². The number of amides is 1. The van der Waals surface area contributed by atoms with Crippen LogP contribution in [0.2, 0.25) is 0 Å². The molecule has 3 rings (SSSR count). The van der Waals surface area contributed by atoms with Crippen LogP contribution in [0.1, 0.15) is 54.6 Å². The van der Waals surface area contributed by atoms with Crippen LogP contribution in [0.15, 0.2) is 17.5 Å². The molecule has 2 unspecified atom stereocenters. The minimum absolute atomic E-state index is 0.0907. The average molecular weight is 291 g/mol. The van der Waals surface area contributed by atoms with E-state index < -0.39 is 0 Å². The Morgan fingerprint density at radius 1 is 1.20 bits per heavy atom. The molecule has 0 radical (unpaired) electrons. The minimum atomic E-state index is 0.0907. The standard InChI is InChI=1S/C16H21NO2S/c18-14-8-2-1-6-12(14)13-7-3-4-10-17(13)16(19)15-9-5-11-20-15/h5,9,11-13H,1-4,6-8,10H2. The van der Waals surface area contributed by atoms with Gasteiger partial charge in [0.2, 0.25) is 0 Å². The van der Waals surface area contributed by atoms with Crippen molar-refractivity contribution >= 4 is 23.0 Å². The fraction of sp³-hybridized carbons (Fsp3) is 0.625. The minimum Gasteiger partial charge on any atom is -0.334 e. The van der Waals surface area contributed by atoms with Crippen LogP contribution in [-0.4, -0.2) is 29.2 Å². The van der Waals surface area contributed by atoms with Gasteiger partial charge in [-0.1, -0.05) is 12.5 Å². The van der Waals surface area contributed by atoms with Crippen LogP contribution in [0, 0.1) is 5.92 Å². The molecule has 1 saturated carbocycles. The maximum Gasteiger partial charge on any atom is 0.264 e. The first-order valence-corrected chi connectivity index (χ1v) is 8.52. The quantitative estimate of drug-likeness (QED) is 0.836. The molecule has 108 valence electrons. The van der Waals surface area contributed by atoms with Gasteiger partial charge in [0, 0.05) is 24.9 Å². The van der Waals surface area contributed by atoms with Crippen molar-refractivity contribution in [2.24, 2.45) is 5.92 Å². The van der Waals surface area contributed by atoms with Gasteiger partial charge in [0.25, 0.3) is 5.91 Å². The van der Waals surface area contributed by atoms with E-state index in [1.54, 1.807) is 0 Å². The third-order valence-corrected chi connectivity index (χ3v) is 5.47. The first-order chi connectivity index (χ1) is 9.77. The Bertz CT molecular complexity index is 483. The molecule has 0 aromatic carbocycles. The van der Waals surface area contributed by atoms with Crippen molar-refractivity contribution in [2.45, 2.75) is 51.0 Å². The highest BCUT2D eigenvalue weighted by molar-refractivity contribution is 7.12. The van der Waals surface area contributed by atoms with Crippen molar-refractivity contribution in [3.8, 4) is 0 Å². The number of carbonyl (C=O) groups is 2. The zero-order valence-corrected chi connectivity index (χ0v) is 12.5. The van der Waals surface area contributed by atoms with Crippen molar-refractivity contribution in [2.75, 3.05) is 6.54 Å². The van der Waals surface area contributed by atoms with Gasteiger partial charge in [0.15, 0.2) is 0 Å². The molecule has 1 saturated heterocycles. The lowest BCUT2D eigenvalue weighted by molar-refractivity contribution is -0.127. The maximum atomic E-state index is 12.6. The van der Waals surface area contributed by atoms with Crippen LogP contribution in [0.5, 0.6) is 0 Å². The van der Waals surface area contributed by atoms with E-state index in [9.17, 15) is 9.59 Å². The number of ketones is 1. The Morgan fingerprint density at radius 2 is 2.05 bits per heavy atom. The molecule has 2 heterocycles. The lowest BCUT2D eigenvalue weighted by Crippen LogP contribution is -2.50. The largest absolute Gasteiger partial charge is 0.334 e. The van der Waals surface area contributed by atoms with Crippen LogP contribution >= 0.6 is 11.3 Å². The molecule has 2 atom stereocenters. The second kappa shape index (κ2) is 6.08. The summed E-state index contributed by atoms with van der Waals surface area (Å²) in [6, 6.07) is 3.95. The molecule has 1 amide bonds. The van der Waals surface area contributed by atoms with E-state index >= 15 is 0 Å². The second-order valence-corrected chi connectivity index (χ2v) is 6.81. The molecule has 1 aliphatic heterocycles. The topological polar surface area (TPSA) is 37.4 Å². The summed E-state index contributed by atoms with van der Waals surface area (Å²) in [5, 5.41) is 1.94. The van der Waals surface area contributed by atoms with E-state index in [0.29, 0.717) is 12.2 Å². The normalized spacial score (nSPS) is 27.6. The number of piperidine rings is 1. The summed E-state index contributed by atoms with van der Waals surface area (Å²) in [5.41, 5.74) is 0. The van der Waals surface area contributed by atoms with Gasteiger partial charge in [-0.15, -0.1) is 11.3 Å². The van der Waals surface area contributed by atoms with Crippen LogP contribution in [-0.2, 0) is 4.79 Å². The number of likely N-dealkylation sites (tertiary alicyclic amines) is 1. The zero-order chi connectivity index (χ0) is 13.9. The van der Waals surface area contributed by atoms with E-state index in [2.05, 4.69) is 0 Å². The molecule has 1 aromatic rings. The Balaban J connectivity index is 1.80. The molecule has 20 heavy (non-hydrogen) atoms. The molecule has 3 nitrogen and oxygen atoms in total. The van der Waals surface area contributed by atoms with E-state index in [0.717, 1.165) is 49.9 Å². The van der Waals surface area contributed by atoms with Gasteiger partial charge in [-0.3, -0.25) is 9.59 Å².